The topological polar surface area (TPSA) is 84.6 Å². The molecule has 6 nitrogen and oxygen atoms in total. The monoisotopic (exact) mass is 407 g/mol. The van der Waals surface area contributed by atoms with Crippen molar-refractivity contribution in [3.63, 3.8) is 0 Å². The van der Waals surface area contributed by atoms with Gasteiger partial charge in [-0.15, -0.1) is 11.8 Å². The van der Waals surface area contributed by atoms with E-state index in [-0.39, 0.29) is 11.6 Å². The summed E-state index contributed by atoms with van der Waals surface area (Å²) in [4.78, 5) is 21.8. The average molecular weight is 408 g/mol. The highest BCUT2D eigenvalue weighted by atomic mass is 79.9. The first-order valence-corrected chi connectivity index (χ1v) is 8.88. The van der Waals surface area contributed by atoms with Crippen molar-refractivity contribution in [1.29, 1.82) is 0 Å². The number of halogens is 1. The zero-order valence-corrected chi connectivity index (χ0v) is 14.9. The minimum Gasteiger partial charge on any atom is -0.272 e. The third-order valence-electron chi connectivity index (χ3n) is 2.92. The Labute approximate surface area is 151 Å². The number of benzene rings is 2. The smallest absolute Gasteiger partial charge is 0.269 e. The lowest BCUT2D eigenvalue weighted by molar-refractivity contribution is -0.384. The number of non-ortho nitro benzene ring substituents is 1. The number of carbonyl (C=O) groups excluding carboxylic acids is 1. The molecule has 2 aromatic carbocycles. The number of nitro benzene ring substituents is 1. The summed E-state index contributed by atoms with van der Waals surface area (Å²) in [5.41, 5.74) is 4.26. The summed E-state index contributed by atoms with van der Waals surface area (Å²) in [6, 6.07) is 13.8. The van der Waals surface area contributed by atoms with E-state index in [4.69, 9.17) is 0 Å². The third kappa shape index (κ3) is 6.13. The van der Waals surface area contributed by atoms with E-state index in [2.05, 4.69) is 26.5 Å². The summed E-state index contributed by atoms with van der Waals surface area (Å²) in [7, 11) is 0. The van der Waals surface area contributed by atoms with E-state index in [1.165, 1.54) is 30.1 Å². The predicted octanol–water partition coefficient (Wildman–Crippen LogP) is 3.74. The Hall–Kier alpha value is -2.19. The van der Waals surface area contributed by atoms with Crippen LogP contribution >= 0.6 is 27.7 Å². The molecular weight excluding hydrogens is 394 g/mol. The highest BCUT2D eigenvalue weighted by molar-refractivity contribution is 9.10. The second kappa shape index (κ2) is 9.19. The lowest BCUT2D eigenvalue weighted by atomic mass is 10.2. The molecular formula is C16H14BrN3O3S. The van der Waals surface area contributed by atoms with E-state index in [9.17, 15) is 14.9 Å². The van der Waals surface area contributed by atoms with E-state index >= 15 is 0 Å². The molecule has 2 rings (SSSR count). The van der Waals surface area contributed by atoms with Crippen LogP contribution in [0.15, 0.2) is 58.1 Å². The normalized spacial score (nSPS) is 10.7. The molecule has 0 saturated heterocycles. The summed E-state index contributed by atoms with van der Waals surface area (Å²) in [6.45, 7) is 0. The van der Waals surface area contributed by atoms with Gasteiger partial charge in [0.1, 0.15) is 0 Å². The maximum atomic E-state index is 11.7. The van der Waals surface area contributed by atoms with E-state index in [1.54, 1.807) is 12.1 Å². The molecule has 0 fully saturated rings. The van der Waals surface area contributed by atoms with Gasteiger partial charge in [0.2, 0.25) is 5.91 Å². The maximum Gasteiger partial charge on any atom is 0.269 e. The number of carbonyl (C=O) groups is 1. The van der Waals surface area contributed by atoms with Crippen molar-refractivity contribution in [3.8, 4) is 0 Å². The number of nitro groups is 1. The number of hydrazone groups is 1. The first-order chi connectivity index (χ1) is 11.5. The van der Waals surface area contributed by atoms with Gasteiger partial charge in [-0.05, 0) is 35.4 Å². The summed E-state index contributed by atoms with van der Waals surface area (Å²) < 4.78 is 1.02. The van der Waals surface area contributed by atoms with E-state index in [1.807, 2.05) is 24.3 Å². The van der Waals surface area contributed by atoms with Gasteiger partial charge in [-0.25, -0.2) is 5.43 Å². The fourth-order valence-corrected chi connectivity index (χ4v) is 2.78. The van der Waals surface area contributed by atoms with Crippen LogP contribution in [0.25, 0.3) is 0 Å². The van der Waals surface area contributed by atoms with Gasteiger partial charge in [-0.1, -0.05) is 28.1 Å². The van der Waals surface area contributed by atoms with E-state index in [0.29, 0.717) is 11.3 Å². The van der Waals surface area contributed by atoms with Gasteiger partial charge in [-0.2, -0.15) is 5.10 Å². The molecule has 0 aliphatic rings. The molecule has 124 valence electrons. The molecule has 0 unspecified atom stereocenters. The molecule has 0 atom stereocenters. The first kappa shape index (κ1) is 18.2. The minimum absolute atomic E-state index is 0.0144. The molecule has 0 spiro atoms. The van der Waals surface area contributed by atoms with Crippen LogP contribution in [0.3, 0.4) is 0 Å². The second-order valence-corrected chi connectivity index (χ2v) is 6.66. The van der Waals surface area contributed by atoms with Gasteiger partial charge in [0, 0.05) is 22.4 Å². The predicted molar refractivity (Wildman–Crippen MR) is 99.1 cm³/mol. The number of rotatable bonds is 7. The van der Waals surface area contributed by atoms with Crippen LogP contribution in [-0.4, -0.2) is 22.8 Å². The number of thioether (sulfide) groups is 1. The van der Waals surface area contributed by atoms with Crippen molar-refractivity contribution in [2.24, 2.45) is 5.10 Å². The highest BCUT2D eigenvalue weighted by Gasteiger charge is 2.03. The molecule has 0 bridgehead atoms. The Kier molecular flexibility index (Phi) is 6.95. The lowest BCUT2D eigenvalue weighted by Gasteiger charge is -2.02. The van der Waals surface area contributed by atoms with E-state index < -0.39 is 4.92 Å². The Bertz CT molecular complexity index is 733. The number of nitrogens with one attached hydrogen (secondary N) is 1. The zero-order valence-electron chi connectivity index (χ0n) is 12.5. The summed E-state index contributed by atoms with van der Waals surface area (Å²) in [6.07, 6.45) is 1.45. The highest BCUT2D eigenvalue weighted by Crippen LogP contribution is 2.15. The third-order valence-corrected chi connectivity index (χ3v) is 4.45. The van der Waals surface area contributed by atoms with Crippen LogP contribution in [0.1, 0.15) is 11.1 Å². The number of nitrogens with zero attached hydrogens (tertiary/aromatic N) is 2. The van der Waals surface area contributed by atoms with Crippen molar-refractivity contribution in [1.82, 2.24) is 5.43 Å². The second-order valence-electron chi connectivity index (χ2n) is 4.76. The molecule has 0 aromatic heterocycles. The van der Waals surface area contributed by atoms with Crippen molar-refractivity contribution in [3.05, 3.63) is 74.2 Å². The molecule has 0 heterocycles. The molecule has 1 amide bonds. The zero-order chi connectivity index (χ0) is 17.4. The first-order valence-electron chi connectivity index (χ1n) is 6.93. The standard InChI is InChI=1S/C16H14BrN3O3S/c17-14-5-1-13(2-6-14)10-24-11-16(21)19-18-9-12-3-7-15(8-4-12)20(22)23/h1-9H,10-11H2,(H,19,21)/b18-9+. The molecule has 0 radical (unpaired) electrons. The molecule has 24 heavy (non-hydrogen) atoms. The number of amides is 1. The van der Waals surface area contributed by atoms with Crippen LogP contribution in [0.2, 0.25) is 0 Å². The fourth-order valence-electron chi connectivity index (χ4n) is 1.74. The molecule has 0 aliphatic carbocycles. The van der Waals surface area contributed by atoms with Gasteiger partial charge >= 0.3 is 0 Å². The van der Waals surface area contributed by atoms with Gasteiger partial charge in [0.05, 0.1) is 16.9 Å². The van der Waals surface area contributed by atoms with Gasteiger partial charge in [0.15, 0.2) is 0 Å². The Morgan fingerprint density at radius 3 is 2.50 bits per heavy atom. The van der Waals surface area contributed by atoms with Crippen molar-refractivity contribution >= 4 is 45.5 Å². The Morgan fingerprint density at radius 1 is 1.21 bits per heavy atom. The van der Waals surface area contributed by atoms with Gasteiger partial charge < -0.3 is 0 Å². The summed E-state index contributed by atoms with van der Waals surface area (Å²) in [5.74, 6) is 0.843. The Morgan fingerprint density at radius 2 is 1.88 bits per heavy atom. The average Bonchev–Trinajstić information content (AvgIpc) is 2.57. The van der Waals surface area contributed by atoms with Crippen molar-refractivity contribution in [2.45, 2.75) is 5.75 Å². The van der Waals surface area contributed by atoms with Crippen molar-refractivity contribution < 1.29 is 9.72 Å². The molecule has 0 aliphatic heterocycles. The number of hydrogen-bond acceptors (Lipinski definition) is 5. The molecule has 0 saturated carbocycles. The lowest BCUT2D eigenvalue weighted by Crippen LogP contribution is -2.19. The van der Waals surface area contributed by atoms with Crippen LogP contribution in [0.5, 0.6) is 0 Å². The van der Waals surface area contributed by atoms with Gasteiger partial charge in [0.25, 0.3) is 5.69 Å². The summed E-state index contributed by atoms with van der Waals surface area (Å²) >= 11 is 4.87. The largest absolute Gasteiger partial charge is 0.272 e. The van der Waals surface area contributed by atoms with Gasteiger partial charge in [-0.3, -0.25) is 14.9 Å². The fraction of sp³-hybridized carbons (Fsp3) is 0.125. The quantitative estimate of drug-likeness (QED) is 0.430. The van der Waals surface area contributed by atoms with Crippen LogP contribution < -0.4 is 5.43 Å². The summed E-state index contributed by atoms with van der Waals surface area (Å²) in [5, 5.41) is 14.4. The van der Waals surface area contributed by atoms with Crippen LogP contribution in [0.4, 0.5) is 5.69 Å². The molecule has 1 N–H and O–H groups in total. The number of hydrogen-bond donors (Lipinski definition) is 1. The minimum atomic E-state index is -0.467. The molecule has 8 heteroatoms. The SMILES string of the molecule is O=C(CSCc1ccc(Br)cc1)N/N=C/c1ccc([N+](=O)[O-])cc1. The maximum absolute atomic E-state index is 11.7. The van der Waals surface area contributed by atoms with Crippen molar-refractivity contribution in [2.75, 3.05) is 5.75 Å². The van der Waals surface area contributed by atoms with Crippen LogP contribution in [-0.2, 0) is 10.5 Å². The molecule has 2 aromatic rings. The van der Waals surface area contributed by atoms with E-state index in [0.717, 1.165) is 15.8 Å². The van der Waals surface area contributed by atoms with Crippen LogP contribution in [0, 0.1) is 10.1 Å². The Balaban J connectivity index is 1.72.